The van der Waals surface area contributed by atoms with E-state index in [0.717, 1.165) is 4.47 Å². The molecule has 0 radical (unpaired) electrons. The van der Waals surface area contributed by atoms with Crippen molar-refractivity contribution in [2.45, 2.75) is 38.3 Å². The Bertz CT molecular complexity index is 534. The second-order valence-electron chi connectivity index (χ2n) is 5.27. The first kappa shape index (κ1) is 15.8. The average molecular weight is 356 g/mol. The van der Waals surface area contributed by atoms with Gasteiger partial charge in [-0.3, -0.25) is 9.59 Å². The van der Waals surface area contributed by atoms with E-state index in [9.17, 15) is 9.59 Å². The number of rotatable bonds is 5. The SMILES string of the molecule is CC(Oc1cccc(Br)c1)C(=O)N[C@H]1CC[C@@H](C(=O)O)C1. The number of halogens is 1. The van der Waals surface area contributed by atoms with Gasteiger partial charge in [-0.15, -0.1) is 0 Å². The molecule has 0 bridgehead atoms. The lowest BCUT2D eigenvalue weighted by Gasteiger charge is -2.18. The van der Waals surface area contributed by atoms with Crippen molar-refractivity contribution in [3.05, 3.63) is 28.7 Å². The monoisotopic (exact) mass is 355 g/mol. The topological polar surface area (TPSA) is 75.6 Å². The standard InChI is InChI=1S/C15H18BrNO4/c1-9(21-13-4-2-3-11(16)8-13)14(18)17-12-6-5-10(7-12)15(19)20/h2-4,8-10,12H,5-7H2,1H3,(H,17,18)(H,19,20)/t9?,10-,12+/m1/s1. The Balaban J connectivity index is 1.84. The van der Waals surface area contributed by atoms with Crippen molar-refractivity contribution in [2.24, 2.45) is 5.92 Å². The zero-order chi connectivity index (χ0) is 15.4. The quantitative estimate of drug-likeness (QED) is 0.850. The first-order valence-electron chi connectivity index (χ1n) is 6.91. The molecule has 1 amide bonds. The first-order chi connectivity index (χ1) is 9.95. The highest BCUT2D eigenvalue weighted by Crippen LogP contribution is 2.26. The summed E-state index contributed by atoms with van der Waals surface area (Å²) in [5.74, 6) is -0.741. The van der Waals surface area contributed by atoms with E-state index >= 15 is 0 Å². The Labute approximate surface area is 131 Å². The molecule has 2 rings (SSSR count). The predicted octanol–water partition coefficient (Wildman–Crippen LogP) is 2.59. The number of carbonyl (C=O) groups is 2. The zero-order valence-corrected chi connectivity index (χ0v) is 13.3. The molecule has 6 heteroatoms. The molecule has 1 saturated carbocycles. The molecule has 1 unspecified atom stereocenters. The Morgan fingerprint density at radius 1 is 1.43 bits per heavy atom. The summed E-state index contributed by atoms with van der Waals surface area (Å²) < 4.78 is 6.47. The highest BCUT2D eigenvalue weighted by molar-refractivity contribution is 9.10. The number of hydrogen-bond acceptors (Lipinski definition) is 3. The summed E-state index contributed by atoms with van der Waals surface area (Å²) in [5.41, 5.74) is 0. The number of hydrogen-bond donors (Lipinski definition) is 2. The Kier molecular flexibility index (Phi) is 5.22. The summed E-state index contributed by atoms with van der Waals surface area (Å²) in [4.78, 5) is 23.0. The van der Waals surface area contributed by atoms with E-state index in [-0.39, 0.29) is 17.9 Å². The van der Waals surface area contributed by atoms with Gasteiger partial charge in [0.1, 0.15) is 5.75 Å². The lowest BCUT2D eigenvalue weighted by Crippen LogP contribution is -2.41. The van der Waals surface area contributed by atoms with Crippen LogP contribution in [0.25, 0.3) is 0 Å². The number of carboxylic acid groups (broad SMARTS) is 1. The van der Waals surface area contributed by atoms with E-state index < -0.39 is 12.1 Å². The van der Waals surface area contributed by atoms with Crippen LogP contribution in [-0.2, 0) is 9.59 Å². The van der Waals surface area contributed by atoms with Gasteiger partial charge in [-0.25, -0.2) is 0 Å². The minimum absolute atomic E-state index is 0.0767. The Hall–Kier alpha value is -1.56. The summed E-state index contributed by atoms with van der Waals surface area (Å²) >= 11 is 3.34. The molecule has 0 heterocycles. The van der Waals surface area contributed by atoms with Crippen molar-refractivity contribution >= 4 is 27.8 Å². The first-order valence-corrected chi connectivity index (χ1v) is 7.70. The third-order valence-electron chi connectivity index (χ3n) is 3.61. The molecule has 1 aliphatic carbocycles. The van der Waals surface area contributed by atoms with Gasteiger partial charge in [-0.2, -0.15) is 0 Å². The average Bonchev–Trinajstić information content (AvgIpc) is 2.87. The zero-order valence-electron chi connectivity index (χ0n) is 11.7. The van der Waals surface area contributed by atoms with Crippen LogP contribution in [-0.4, -0.2) is 29.1 Å². The molecular formula is C15H18BrNO4. The third kappa shape index (κ3) is 4.46. The second kappa shape index (κ2) is 6.93. The van der Waals surface area contributed by atoms with Gasteiger partial charge in [0.25, 0.3) is 5.91 Å². The molecule has 1 aromatic rings. The molecule has 3 atom stereocenters. The normalized spacial score (nSPS) is 22.6. The van der Waals surface area contributed by atoms with Crippen molar-refractivity contribution in [1.29, 1.82) is 0 Å². The lowest BCUT2D eigenvalue weighted by atomic mass is 10.1. The number of ether oxygens (including phenoxy) is 1. The van der Waals surface area contributed by atoms with Gasteiger partial charge in [-0.1, -0.05) is 22.0 Å². The summed E-state index contributed by atoms with van der Waals surface area (Å²) in [6, 6.07) is 7.21. The van der Waals surface area contributed by atoms with E-state index in [1.54, 1.807) is 19.1 Å². The van der Waals surface area contributed by atoms with Crippen LogP contribution in [0, 0.1) is 5.92 Å². The van der Waals surface area contributed by atoms with Crippen molar-refractivity contribution in [3.63, 3.8) is 0 Å². The molecule has 0 spiro atoms. The van der Waals surface area contributed by atoms with Crippen LogP contribution in [0.3, 0.4) is 0 Å². The molecule has 0 aliphatic heterocycles. The molecular weight excluding hydrogens is 338 g/mol. The molecule has 0 saturated heterocycles. The van der Waals surface area contributed by atoms with Crippen LogP contribution in [0.15, 0.2) is 28.7 Å². The summed E-state index contributed by atoms with van der Waals surface area (Å²) in [6.07, 6.45) is 1.18. The van der Waals surface area contributed by atoms with Gasteiger partial charge < -0.3 is 15.2 Å². The number of aliphatic carboxylic acids is 1. The molecule has 21 heavy (non-hydrogen) atoms. The van der Waals surface area contributed by atoms with Crippen molar-refractivity contribution < 1.29 is 19.4 Å². The summed E-state index contributed by atoms with van der Waals surface area (Å²) in [5, 5.41) is 11.8. The maximum atomic E-state index is 12.1. The van der Waals surface area contributed by atoms with Gasteiger partial charge in [0.15, 0.2) is 6.10 Å². The van der Waals surface area contributed by atoms with Gasteiger partial charge in [0.05, 0.1) is 5.92 Å². The van der Waals surface area contributed by atoms with Crippen molar-refractivity contribution in [3.8, 4) is 5.75 Å². The summed E-state index contributed by atoms with van der Waals surface area (Å²) in [7, 11) is 0. The Morgan fingerprint density at radius 3 is 2.81 bits per heavy atom. The molecule has 2 N–H and O–H groups in total. The molecule has 1 aromatic carbocycles. The van der Waals surface area contributed by atoms with Gasteiger partial charge in [-0.05, 0) is 44.4 Å². The third-order valence-corrected chi connectivity index (χ3v) is 4.10. The van der Waals surface area contributed by atoms with Crippen LogP contribution in [0.5, 0.6) is 5.75 Å². The minimum atomic E-state index is -0.787. The van der Waals surface area contributed by atoms with Crippen LogP contribution in [0.4, 0.5) is 0 Å². The van der Waals surface area contributed by atoms with E-state index in [1.807, 2.05) is 12.1 Å². The van der Waals surface area contributed by atoms with Gasteiger partial charge in [0, 0.05) is 10.5 Å². The molecule has 114 valence electrons. The minimum Gasteiger partial charge on any atom is -0.481 e. The fraction of sp³-hybridized carbons (Fsp3) is 0.467. The van der Waals surface area contributed by atoms with E-state index in [4.69, 9.17) is 9.84 Å². The number of nitrogens with one attached hydrogen (secondary N) is 1. The largest absolute Gasteiger partial charge is 0.481 e. The van der Waals surface area contributed by atoms with Crippen molar-refractivity contribution in [1.82, 2.24) is 5.32 Å². The van der Waals surface area contributed by atoms with Gasteiger partial charge >= 0.3 is 5.97 Å². The van der Waals surface area contributed by atoms with Crippen LogP contribution in [0.1, 0.15) is 26.2 Å². The smallest absolute Gasteiger partial charge is 0.306 e. The predicted molar refractivity (Wildman–Crippen MR) is 81.1 cm³/mol. The molecule has 0 aromatic heterocycles. The lowest BCUT2D eigenvalue weighted by molar-refractivity contribution is -0.141. The number of carbonyl (C=O) groups excluding carboxylic acids is 1. The maximum Gasteiger partial charge on any atom is 0.306 e. The van der Waals surface area contributed by atoms with E-state index in [2.05, 4.69) is 21.2 Å². The summed E-state index contributed by atoms with van der Waals surface area (Å²) in [6.45, 7) is 1.68. The highest BCUT2D eigenvalue weighted by atomic mass is 79.9. The number of amides is 1. The molecule has 5 nitrogen and oxygen atoms in total. The maximum absolute atomic E-state index is 12.1. The fourth-order valence-electron chi connectivity index (χ4n) is 2.45. The molecule has 1 aliphatic rings. The van der Waals surface area contributed by atoms with Crippen molar-refractivity contribution in [2.75, 3.05) is 0 Å². The number of benzene rings is 1. The van der Waals surface area contributed by atoms with Gasteiger partial charge in [0.2, 0.25) is 0 Å². The fourth-order valence-corrected chi connectivity index (χ4v) is 2.83. The van der Waals surface area contributed by atoms with Crippen LogP contribution >= 0.6 is 15.9 Å². The van der Waals surface area contributed by atoms with Crippen LogP contribution < -0.4 is 10.1 Å². The van der Waals surface area contributed by atoms with E-state index in [0.29, 0.717) is 25.0 Å². The highest BCUT2D eigenvalue weighted by Gasteiger charge is 2.31. The second-order valence-corrected chi connectivity index (χ2v) is 6.19. The number of carboxylic acids is 1. The van der Waals surface area contributed by atoms with Crippen LogP contribution in [0.2, 0.25) is 0 Å². The molecule has 1 fully saturated rings. The Morgan fingerprint density at radius 2 is 2.19 bits per heavy atom. The van der Waals surface area contributed by atoms with E-state index in [1.165, 1.54) is 0 Å².